The van der Waals surface area contributed by atoms with Crippen molar-refractivity contribution in [3.8, 4) is 0 Å². The van der Waals surface area contributed by atoms with Gasteiger partial charge in [0.1, 0.15) is 5.82 Å². The summed E-state index contributed by atoms with van der Waals surface area (Å²) in [5.74, 6) is -0.214. The quantitative estimate of drug-likeness (QED) is 0.883. The number of aromatic nitrogens is 2. The van der Waals surface area contributed by atoms with Gasteiger partial charge in [0.2, 0.25) is 0 Å². The van der Waals surface area contributed by atoms with Crippen LogP contribution in [0.2, 0.25) is 0 Å². The first-order valence-corrected chi connectivity index (χ1v) is 5.55. The molecule has 0 amide bonds. The molecule has 0 saturated carbocycles. The Kier molecular flexibility index (Phi) is 3.13. The Morgan fingerprint density at radius 2 is 2.00 bits per heavy atom. The maximum atomic E-state index is 13.2. The molecule has 90 valence electrons. The minimum atomic E-state index is -0.214. The normalized spacial score (nSPS) is 10.6. The van der Waals surface area contributed by atoms with Crippen LogP contribution in [0, 0.1) is 19.7 Å². The SMILES string of the molecule is Cc1cc(F)cc(NCc2cc(C)nn2C)c1. The van der Waals surface area contributed by atoms with Gasteiger partial charge in [0.25, 0.3) is 0 Å². The van der Waals surface area contributed by atoms with Gasteiger partial charge in [0, 0.05) is 12.7 Å². The molecule has 0 radical (unpaired) electrons. The summed E-state index contributed by atoms with van der Waals surface area (Å²) < 4.78 is 15.0. The third kappa shape index (κ3) is 2.84. The summed E-state index contributed by atoms with van der Waals surface area (Å²) in [6.45, 7) is 4.47. The largest absolute Gasteiger partial charge is 0.379 e. The molecule has 4 heteroatoms. The van der Waals surface area contributed by atoms with Crippen LogP contribution in [0.25, 0.3) is 0 Å². The minimum absolute atomic E-state index is 0.214. The average Bonchev–Trinajstić information content (AvgIpc) is 2.53. The van der Waals surface area contributed by atoms with Crippen LogP contribution in [0.3, 0.4) is 0 Å². The summed E-state index contributed by atoms with van der Waals surface area (Å²) in [5, 5.41) is 7.46. The molecule has 2 aromatic rings. The van der Waals surface area contributed by atoms with E-state index in [-0.39, 0.29) is 5.82 Å². The maximum Gasteiger partial charge on any atom is 0.125 e. The summed E-state index contributed by atoms with van der Waals surface area (Å²) in [6.07, 6.45) is 0. The first-order chi connectivity index (χ1) is 8.04. The Bertz CT molecular complexity index is 511. The van der Waals surface area contributed by atoms with Crippen molar-refractivity contribution in [3.63, 3.8) is 0 Å². The molecule has 0 saturated heterocycles. The summed E-state index contributed by atoms with van der Waals surface area (Å²) in [6, 6.07) is 6.95. The van der Waals surface area contributed by atoms with Crippen molar-refractivity contribution < 1.29 is 4.39 Å². The van der Waals surface area contributed by atoms with Gasteiger partial charge in [0.05, 0.1) is 17.9 Å². The van der Waals surface area contributed by atoms with Gasteiger partial charge in [-0.3, -0.25) is 4.68 Å². The van der Waals surface area contributed by atoms with Crippen molar-refractivity contribution in [1.29, 1.82) is 0 Å². The number of rotatable bonds is 3. The zero-order valence-electron chi connectivity index (χ0n) is 10.3. The molecule has 1 heterocycles. The van der Waals surface area contributed by atoms with Crippen LogP contribution < -0.4 is 5.32 Å². The van der Waals surface area contributed by atoms with Crippen LogP contribution in [0.5, 0.6) is 0 Å². The predicted molar refractivity (Wildman–Crippen MR) is 66.4 cm³/mol. The predicted octanol–water partition coefficient (Wildman–Crippen LogP) is 2.79. The minimum Gasteiger partial charge on any atom is -0.379 e. The Hall–Kier alpha value is -1.84. The van der Waals surface area contributed by atoms with Gasteiger partial charge in [-0.05, 0) is 43.7 Å². The summed E-state index contributed by atoms with van der Waals surface area (Å²) >= 11 is 0. The van der Waals surface area contributed by atoms with E-state index < -0.39 is 0 Å². The van der Waals surface area contributed by atoms with Gasteiger partial charge in [-0.2, -0.15) is 5.10 Å². The second kappa shape index (κ2) is 4.57. The van der Waals surface area contributed by atoms with Gasteiger partial charge in [0.15, 0.2) is 0 Å². The van der Waals surface area contributed by atoms with Crippen LogP contribution in [0.4, 0.5) is 10.1 Å². The molecule has 0 aliphatic carbocycles. The first-order valence-electron chi connectivity index (χ1n) is 5.55. The van der Waals surface area contributed by atoms with Gasteiger partial charge in [-0.25, -0.2) is 4.39 Å². The van der Waals surface area contributed by atoms with E-state index in [0.29, 0.717) is 6.54 Å². The molecule has 0 unspecified atom stereocenters. The summed E-state index contributed by atoms with van der Waals surface area (Å²) in [4.78, 5) is 0. The zero-order chi connectivity index (χ0) is 12.4. The van der Waals surface area contributed by atoms with Crippen LogP contribution >= 0.6 is 0 Å². The third-order valence-electron chi connectivity index (χ3n) is 2.61. The molecule has 1 aromatic carbocycles. The van der Waals surface area contributed by atoms with Crippen molar-refractivity contribution in [3.05, 3.63) is 47.0 Å². The van der Waals surface area contributed by atoms with E-state index in [1.165, 1.54) is 12.1 Å². The number of halogens is 1. The fourth-order valence-electron chi connectivity index (χ4n) is 1.86. The van der Waals surface area contributed by atoms with E-state index in [9.17, 15) is 4.39 Å². The van der Waals surface area contributed by atoms with Gasteiger partial charge in [-0.15, -0.1) is 0 Å². The molecule has 1 aromatic heterocycles. The lowest BCUT2D eigenvalue weighted by Crippen LogP contribution is -2.05. The molecule has 2 rings (SSSR count). The summed E-state index contributed by atoms with van der Waals surface area (Å²) in [7, 11) is 1.90. The molecule has 0 atom stereocenters. The topological polar surface area (TPSA) is 29.9 Å². The Labute approximate surface area is 100 Å². The molecule has 0 fully saturated rings. The fraction of sp³-hybridized carbons (Fsp3) is 0.308. The maximum absolute atomic E-state index is 13.2. The lowest BCUT2D eigenvalue weighted by Gasteiger charge is -2.07. The Morgan fingerprint density at radius 1 is 1.24 bits per heavy atom. The number of hydrogen-bond donors (Lipinski definition) is 1. The average molecular weight is 233 g/mol. The molecular formula is C13H16FN3. The second-order valence-electron chi connectivity index (χ2n) is 4.27. The smallest absolute Gasteiger partial charge is 0.125 e. The number of nitrogens with zero attached hydrogens (tertiary/aromatic N) is 2. The second-order valence-corrected chi connectivity index (χ2v) is 4.27. The van der Waals surface area contributed by atoms with E-state index in [2.05, 4.69) is 10.4 Å². The van der Waals surface area contributed by atoms with Crippen molar-refractivity contribution in [1.82, 2.24) is 9.78 Å². The van der Waals surface area contributed by atoms with Gasteiger partial charge in [-0.1, -0.05) is 0 Å². The van der Waals surface area contributed by atoms with Crippen molar-refractivity contribution in [2.24, 2.45) is 7.05 Å². The molecule has 17 heavy (non-hydrogen) atoms. The number of nitrogens with one attached hydrogen (secondary N) is 1. The van der Waals surface area contributed by atoms with E-state index in [1.54, 1.807) is 0 Å². The van der Waals surface area contributed by atoms with E-state index in [1.807, 2.05) is 37.7 Å². The third-order valence-corrected chi connectivity index (χ3v) is 2.61. The molecule has 0 bridgehead atoms. The van der Waals surface area contributed by atoms with E-state index in [4.69, 9.17) is 0 Å². The molecular weight excluding hydrogens is 217 g/mol. The fourth-order valence-corrected chi connectivity index (χ4v) is 1.86. The van der Waals surface area contributed by atoms with E-state index >= 15 is 0 Å². The van der Waals surface area contributed by atoms with Crippen molar-refractivity contribution >= 4 is 5.69 Å². The number of anilines is 1. The summed E-state index contributed by atoms with van der Waals surface area (Å²) in [5.41, 5.74) is 3.76. The molecule has 0 aliphatic rings. The highest BCUT2D eigenvalue weighted by Crippen LogP contribution is 2.14. The highest BCUT2D eigenvalue weighted by Gasteiger charge is 2.02. The van der Waals surface area contributed by atoms with Crippen LogP contribution in [0.1, 0.15) is 17.0 Å². The van der Waals surface area contributed by atoms with Crippen molar-refractivity contribution in [2.75, 3.05) is 5.32 Å². The number of aryl methyl sites for hydroxylation is 3. The van der Waals surface area contributed by atoms with E-state index in [0.717, 1.165) is 22.6 Å². The van der Waals surface area contributed by atoms with Gasteiger partial charge >= 0.3 is 0 Å². The lowest BCUT2D eigenvalue weighted by molar-refractivity contribution is 0.627. The van der Waals surface area contributed by atoms with Gasteiger partial charge < -0.3 is 5.32 Å². The first kappa shape index (κ1) is 11.6. The Morgan fingerprint density at radius 3 is 2.59 bits per heavy atom. The van der Waals surface area contributed by atoms with Crippen LogP contribution in [-0.4, -0.2) is 9.78 Å². The highest BCUT2D eigenvalue weighted by molar-refractivity contribution is 5.46. The number of benzene rings is 1. The molecule has 1 N–H and O–H groups in total. The van der Waals surface area contributed by atoms with Crippen molar-refractivity contribution in [2.45, 2.75) is 20.4 Å². The standard InChI is InChI=1S/C13H16FN3/c1-9-4-11(14)7-12(5-9)15-8-13-6-10(2)16-17(13)3/h4-7,15H,8H2,1-3H3. The molecule has 3 nitrogen and oxygen atoms in total. The lowest BCUT2D eigenvalue weighted by atomic mass is 10.2. The molecule has 0 spiro atoms. The highest BCUT2D eigenvalue weighted by atomic mass is 19.1. The van der Waals surface area contributed by atoms with Crippen LogP contribution in [-0.2, 0) is 13.6 Å². The number of hydrogen-bond acceptors (Lipinski definition) is 2. The molecule has 0 aliphatic heterocycles. The zero-order valence-corrected chi connectivity index (χ0v) is 10.3. The monoisotopic (exact) mass is 233 g/mol. The Balaban J connectivity index is 2.09. The van der Waals surface area contributed by atoms with Crippen LogP contribution in [0.15, 0.2) is 24.3 Å².